The van der Waals surface area contributed by atoms with E-state index in [1.54, 1.807) is 34.6 Å². The summed E-state index contributed by atoms with van der Waals surface area (Å²) in [5, 5.41) is 0. The highest BCUT2D eigenvalue weighted by molar-refractivity contribution is 7.48. The lowest BCUT2D eigenvalue weighted by molar-refractivity contribution is 0.0680. The summed E-state index contributed by atoms with van der Waals surface area (Å²) >= 11 is 0. The fourth-order valence-electron chi connectivity index (χ4n) is 1.01. The first-order valence-corrected chi connectivity index (χ1v) is 6.39. The van der Waals surface area contributed by atoms with Gasteiger partial charge >= 0.3 is 7.82 Å². The van der Waals surface area contributed by atoms with Crippen LogP contribution < -0.4 is 0 Å². The van der Waals surface area contributed by atoms with Crippen LogP contribution in [0.3, 0.4) is 0 Å². The summed E-state index contributed by atoms with van der Waals surface area (Å²) in [5.41, 5.74) is -0.839. The Morgan fingerprint density at radius 3 is 2.00 bits per heavy atom. The lowest BCUT2D eigenvalue weighted by Crippen LogP contribution is -2.21. The number of hydrogen-bond acceptors (Lipinski definition) is 4. The standard InChI is InChI=1S/C10H19O4P/c1-6-9-10(4,5)14-15(11,12-7-2)13-8-3/h7-8H2,1-5H3. The van der Waals surface area contributed by atoms with Crippen LogP contribution in [0, 0.1) is 11.8 Å². The molecular weight excluding hydrogens is 215 g/mol. The Kier molecular flexibility index (Phi) is 6.16. The lowest BCUT2D eigenvalue weighted by atomic mass is 10.1. The zero-order valence-corrected chi connectivity index (χ0v) is 10.9. The van der Waals surface area contributed by atoms with E-state index in [0.717, 1.165) is 0 Å². The van der Waals surface area contributed by atoms with Crippen LogP contribution >= 0.6 is 7.82 Å². The van der Waals surface area contributed by atoms with Gasteiger partial charge in [0.1, 0.15) is 5.60 Å². The van der Waals surface area contributed by atoms with Gasteiger partial charge in [-0.15, -0.1) is 5.92 Å². The van der Waals surface area contributed by atoms with Crippen LogP contribution in [0.1, 0.15) is 34.6 Å². The molecule has 0 unspecified atom stereocenters. The monoisotopic (exact) mass is 234 g/mol. The number of phosphoric ester groups is 1. The lowest BCUT2D eigenvalue weighted by Gasteiger charge is -2.24. The molecule has 0 heterocycles. The van der Waals surface area contributed by atoms with Crippen molar-refractivity contribution in [1.29, 1.82) is 0 Å². The van der Waals surface area contributed by atoms with Gasteiger partial charge in [-0.05, 0) is 34.6 Å². The van der Waals surface area contributed by atoms with Crippen molar-refractivity contribution in [3.8, 4) is 11.8 Å². The third-order valence-electron chi connectivity index (χ3n) is 1.34. The van der Waals surface area contributed by atoms with Crippen LogP contribution in [0.5, 0.6) is 0 Å². The molecule has 0 spiro atoms. The van der Waals surface area contributed by atoms with Gasteiger partial charge < -0.3 is 0 Å². The molecule has 5 heteroatoms. The first kappa shape index (κ1) is 14.7. The Bertz CT molecular complexity index is 278. The van der Waals surface area contributed by atoms with E-state index in [1.165, 1.54) is 0 Å². The third-order valence-corrected chi connectivity index (χ3v) is 3.17. The average molecular weight is 234 g/mol. The number of phosphoric acid groups is 1. The summed E-state index contributed by atoms with van der Waals surface area (Å²) in [6.07, 6.45) is 0. The number of hydrogen-bond donors (Lipinski definition) is 0. The van der Waals surface area contributed by atoms with Gasteiger partial charge in [-0.1, -0.05) is 5.92 Å². The second-order valence-electron chi connectivity index (χ2n) is 3.26. The first-order valence-electron chi connectivity index (χ1n) is 4.93. The number of rotatable bonds is 6. The maximum atomic E-state index is 12.0. The van der Waals surface area contributed by atoms with Crippen molar-refractivity contribution in [2.75, 3.05) is 13.2 Å². The summed E-state index contributed by atoms with van der Waals surface area (Å²) in [7, 11) is -3.47. The predicted octanol–water partition coefficient (Wildman–Crippen LogP) is 2.99. The van der Waals surface area contributed by atoms with Crippen LogP contribution in [0.4, 0.5) is 0 Å². The van der Waals surface area contributed by atoms with Gasteiger partial charge in [-0.3, -0.25) is 13.6 Å². The molecule has 0 aliphatic heterocycles. The predicted molar refractivity (Wildman–Crippen MR) is 59.5 cm³/mol. The largest absolute Gasteiger partial charge is 0.476 e. The molecule has 88 valence electrons. The molecule has 0 rings (SSSR count). The van der Waals surface area contributed by atoms with E-state index in [-0.39, 0.29) is 13.2 Å². The molecule has 0 radical (unpaired) electrons. The molecule has 0 atom stereocenters. The van der Waals surface area contributed by atoms with E-state index >= 15 is 0 Å². The van der Waals surface area contributed by atoms with Gasteiger partial charge in [0.2, 0.25) is 0 Å². The second-order valence-corrected chi connectivity index (χ2v) is 4.85. The van der Waals surface area contributed by atoms with Gasteiger partial charge in [-0.25, -0.2) is 4.57 Å². The van der Waals surface area contributed by atoms with Crippen LogP contribution in [-0.4, -0.2) is 18.8 Å². The quantitative estimate of drug-likeness (QED) is 0.523. The van der Waals surface area contributed by atoms with Crippen molar-refractivity contribution in [3.05, 3.63) is 0 Å². The first-order chi connectivity index (χ1) is 6.89. The molecule has 0 aromatic carbocycles. The molecule has 0 bridgehead atoms. The molecule has 4 nitrogen and oxygen atoms in total. The van der Waals surface area contributed by atoms with Crippen molar-refractivity contribution in [2.45, 2.75) is 40.2 Å². The Hall–Kier alpha value is -0.330. The van der Waals surface area contributed by atoms with Crippen molar-refractivity contribution >= 4 is 7.82 Å². The SMILES string of the molecule is CC#CC(C)(C)OP(=O)(OCC)OCC. The Morgan fingerprint density at radius 2 is 1.67 bits per heavy atom. The van der Waals surface area contributed by atoms with Crippen LogP contribution in [0.2, 0.25) is 0 Å². The fourth-order valence-corrected chi connectivity index (χ4v) is 2.43. The van der Waals surface area contributed by atoms with Gasteiger partial charge in [0.05, 0.1) is 13.2 Å². The molecule has 0 aliphatic rings. The van der Waals surface area contributed by atoms with Gasteiger partial charge in [0.15, 0.2) is 0 Å². The molecule has 0 N–H and O–H groups in total. The van der Waals surface area contributed by atoms with Crippen molar-refractivity contribution in [3.63, 3.8) is 0 Å². The highest BCUT2D eigenvalue weighted by atomic mass is 31.2. The van der Waals surface area contributed by atoms with E-state index < -0.39 is 13.4 Å². The van der Waals surface area contributed by atoms with E-state index in [1.807, 2.05) is 0 Å². The summed E-state index contributed by atoms with van der Waals surface area (Å²) in [6.45, 7) is 9.13. The molecule has 0 fully saturated rings. The maximum absolute atomic E-state index is 12.0. The van der Waals surface area contributed by atoms with Crippen LogP contribution in [0.15, 0.2) is 0 Å². The molecule has 0 aliphatic carbocycles. The highest BCUT2D eigenvalue weighted by Crippen LogP contribution is 2.52. The zero-order valence-electron chi connectivity index (χ0n) is 9.99. The van der Waals surface area contributed by atoms with E-state index in [4.69, 9.17) is 13.6 Å². The van der Waals surface area contributed by atoms with E-state index in [0.29, 0.717) is 0 Å². The Morgan fingerprint density at radius 1 is 1.20 bits per heavy atom. The van der Waals surface area contributed by atoms with Gasteiger partial charge in [0.25, 0.3) is 0 Å². The van der Waals surface area contributed by atoms with Gasteiger partial charge in [0, 0.05) is 0 Å². The minimum Gasteiger partial charge on any atom is -0.287 e. The van der Waals surface area contributed by atoms with Crippen molar-refractivity contribution < 1.29 is 18.1 Å². The molecule has 0 amide bonds. The molecule has 0 saturated heterocycles. The highest BCUT2D eigenvalue weighted by Gasteiger charge is 2.33. The Labute approximate surface area is 91.9 Å². The van der Waals surface area contributed by atoms with Crippen molar-refractivity contribution in [2.24, 2.45) is 0 Å². The molecule has 0 aromatic heterocycles. The molecule has 15 heavy (non-hydrogen) atoms. The van der Waals surface area contributed by atoms with E-state index in [9.17, 15) is 4.57 Å². The second kappa shape index (κ2) is 6.30. The molecule has 0 saturated carbocycles. The third kappa shape index (κ3) is 5.96. The van der Waals surface area contributed by atoms with Gasteiger partial charge in [-0.2, -0.15) is 0 Å². The minimum atomic E-state index is -3.47. The van der Waals surface area contributed by atoms with Crippen molar-refractivity contribution in [1.82, 2.24) is 0 Å². The summed E-state index contributed by atoms with van der Waals surface area (Å²) in [6, 6.07) is 0. The van der Waals surface area contributed by atoms with Crippen LogP contribution in [-0.2, 0) is 18.1 Å². The molecule has 0 aromatic rings. The van der Waals surface area contributed by atoms with E-state index in [2.05, 4.69) is 11.8 Å². The summed E-state index contributed by atoms with van der Waals surface area (Å²) < 4.78 is 27.2. The molecular formula is C10H19O4P. The average Bonchev–Trinajstić information content (AvgIpc) is 2.02. The Balaban J connectivity index is 4.65. The van der Waals surface area contributed by atoms with Crippen LogP contribution in [0.25, 0.3) is 0 Å². The fraction of sp³-hybridized carbons (Fsp3) is 0.800. The minimum absolute atomic E-state index is 0.271. The summed E-state index contributed by atoms with van der Waals surface area (Å²) in [4.78, 5) is 0. The zero-order chi connectivity index (χ0) is 11.9. The maximum Gasteiger partial charge on any atom is 0.476 e. The summed E-state index contributed by atoms with van der Waals surface area (Å²) in [5.74, 6) is 5.50. The smallest absolute Gasteiger partial charge is 0.287 e. The normalized spacial score (nSPS) is 12.1. The topological polar surface area (TPSA) is 44.8 Å².